The van der Waals surface area contributed by atoms with Crippen molar-refractivity contribution in [3.8, 4) is 0 Å². The molecule has 1 rings (SSSR count). The number of nitrogens with zero attached hydrogens (tertiary/aromatic N) is 1. The number of benzene rings is 1. The predicted octanol–water partition coefficient (Wildman–Crippen LogP) is 3.26. The Labute approximate surface area is 106 Å². The molecule has 2 heteroatoms. The Morgan fingerprint density at radius 1 is 1.12 bits per heavy atom. The number of hydrogen-bond donors (Lipinski definition) is 1. The summed E-state index contributed by atoms with van der Waals surface area (Å²) in [6, 6.07) is 7.02. The summed E-state index contributed by atoms with van der Waals surface area (Å²) >= 11 is 0. The maximum Gasteiger partial charge on any atom is 0.0368 e. The molecule has 96 valence electrons. The van der Waals surface area contributed by atoms with E-state index in [1.54, 1.807) is 0 Å². The minimum absolute atomic E-state index is 0.341. The molecule has 2 N–H and O–H groups in total. The summed E-state index contributed by atoms with van der Waals surface area (Å²) in [6.45, 7) is 7.51. The molecule has 0 amide bonds. The Morgan fingerprint density at radius 3 is 2.24 bits per heavy atom. The third kappa shape index (κ3) is 4.78. The second kappa shape index (κ2) is 6.65. The average Bonchev–Trinajstić information content (AvgIpc) is 2.25. The molecular weight excluding hydrogens is 208 g/mol. The van der Waals surface area contributed by atoms with Gasteiger partial charge < -0.3 is 10.6 Å². The van der Waals surface area contributed by atoms with Crippen molar-refractivity contribution in [3.05, 3.63) is 29.3 Å². The van der Waals surface area contributed by atoms with Gasteiger partial charge in [0.1, 0.15) is 0 Å². The number of aryl methyl sites for hydroxylation is 2. The Bertz CT molecular complexity index is 327. The van der Waals surface area contributed by atoms with Gasteiger partial charge in [0.2, 0.25) is 0 Å². The van der Waals surface area contributed by atoms with E-state index in [-0.39, 0.29) is 0 Å². The van der Waals surface area contributed by atoms with Crippen molar-refractivity contribution in [2.75, 3.05) is 18.5 Å². The molecule has 0 aliphatic heterocycles. The zero-order valence-electron chi connectivity index (χ0n) is 11.7. The van der Waals surface area contributed by atoms with E-state index in [0.29, 0.717) is 6.04 Å². The molecule has 17 heavy (non-hydrogen) atoms. The van der Waals surface area contributed by atoms with Gasteiger partial charge in [0.05, 0.1) is 0 Å². The molecule has 0 aromatic heterocycles. The lowest BCUT2D eigenvalue weighted by molar-refractivity contribution is 0.561. The molecule has 0 saturated carbocycles. The van der Waals surface area contributed by atoms with Crippen LogP contribution >= 0.6 is 0 Å². The van der Waals surface area contributed by atoms with Crippen LogP contribution in [0.15, 0.2) is 18.2 Å². The average molecular weight is 234 g/mol. The van der Waals surface area contributed by atoms with Gasteiger partial charge in [-0.05, 0) is 49.9 Å². The molecule has 1 unspecified atom stereocenters. The zero-order valence-corrected chi connectivity index (χ0v) is 11.7. The lowest BCUT2D eigenvalue weighted by atomic mass is 10.1. The minimum Gasteiger partial charge on any atom is -0.375 e. The maximum atomic E-state index is 6.04. The van der Waals surface area contributed by atoms with Gasteiger partial charge in [0.25, 0.3) is 0 Å². The molecule has 1 atom stereocenters. The molecule has 0 radical (unpaired) electrons. The fourth-order valence-corrected chi connectivity index (χ4v) is 2.17. The highest BCUT2D eigenvalue weighted by Gasteiger charge is 2.05. The SMILES string of the molecule is CCCC(N)CCN(C)c1cc(C)cc(C)c1. The van der Waals surface area contributed by atoms with Gasteiger partial charge in [-0.1, -0.05) is 19.4 Å². The molecule has 0 aliphatic carbocycles. The van der Waals surface area contributed by atoms with Crippen LogP contribution in [0.1, 0.15) is 37.3 Å². The maximum absolute atomic E-state index is 6.04. The molecule has 2 nitrogen and oxygen atoms in total. The quantitative estimate of drug-likeness (QED) is 0.818. The van der Waals surface area contributed by atoms with E-state index in [4.69, 9.17) is 5.73 Å². The van der Waals surface area contributed by atoms with Crippen LogP contribution < -0.4 is 10.6 Å². The Balaban J connectivity index is 2.54. The molecule has 0 fully saturated rings. The monoisotopic (exact) mass is 234 g/mol. The first-order valence-corrected chi connectivity index (χ1v) is 6.58. The van der Waals surface area contributed by atoms with E-state index in [1.165, 1.54) is 23.2 Å². The smallest absolute Gasteiger partial charge is 0.0368 e. The van der Waals surface area contributed by atoms with Crippen LogP contribution in [0.5, 0.6) is 0 Å². The first-order chi connectivity index (χ1) is 8.02. The topological polar surface area (TPSA) is 29.3 Å². The van der Waals surface area contributed by atoms with Gasteiger partial charge in [0, 0.05) is 25.3 Å². The highest BCUT2D eigenvalue weighted by atomic mass is 15.1. The summed E-state index contributed by atoms with van der Waals surface area (Å²) in [4.78, 5) is 2.30. The summed E-state index contributed by atoms with van der Waals surface area (Å²) in [5.41, 5.74) is 9.99. The van der Waals surface area contributed by atoms with Gasteiger partial charge in [-0.15, -0.1) is 0 Å². The van der Waals surface area contributed by atoms with Crippen molar-refractivity contribution in [2.24, 2.45) is 5.73 Å². The third-order valence-corrected chi connectivity index (χ3v) is 3.14. The van der Waals surface area contributed by atoms with Crippen LogP contribution in [-0.2, 0) is 0 Å². The van der Waals surface area contributed by atoms with Crippen LogP contribution in [0.3, 0.4) is 0 Å². The third-order valence-electron chi connectivity index (χ3n) is 3.14. The lowest BCUT2D eigenvalue weighted by Gasteiger charge is -2.22. The number of hydrogen-bond acceptors (Lipinski definition) is 2. The Kier molecular flexibility index (Phi) is 5.49. The standard InChI is InChI=1S/C15H26N2/c1-5-6-14(16)7-8-17(4)15-10-12(2)9-13(3)11-15/h9-11,14H,5-8,16H2,1-4H3. The van der Waals surface area contributed by atoms with E-state index in [9.17, 15) is 0 Å². The first kappa shape index (κ1) is 14.0. The van der Waals surface area contributed by atoms with Crippen molar-refractivity contribution >= 4 is 5.69 Å². The van der Waals surface area contributed by atoms with E-state index in [2.05, 4.69) is 50.9 Å². The lowest BCUT2D eigenvalue weighted by Crippen LogP contribution is -2.27. The van der Waals surface area contributed by atoms with E-state index >= 15 is 0 Å². The highest BCUT2D eigenvalue weighted by Crippen LogP contribution is 2.18. The highest BCUT2D eigenvalue weighted by molar-refractivity contribution is 5.50. The van der Waals surface area contributed by atoms with Crippen LogP contribution in [0, 0.1) is 13.8 Å². The fraction of sp³-hybridized carbons (Fsp3) is 0.600. The Morgan fingerprint density at radius 2 is 1.71 bits per heavy atom. The van der Waals surface area contributed by atoms with E-state index in [1.807, 2.05) is 0 Å². The van der Waals surface area contributed by atoms with Crippen LogP contribution in [0.25, 0.3) is 0 Å². The molecule has 0 bridgehead atoms. The number of anilines is 1. The largest absolute Gasteiger partial charge is 0.375 e. The summed E-state index contributed by atoms with van der Waals surface area (Å²) in [7, 11) is 2.15. The van der Waals surface area contributed by atoms with Gasteiger partial charge in [-0.2, -0.15) is 0 Å². The first-order valence-electron chi connectivity index (χ1n) is 6.58. The minimum atomic E-state index is 0.341. The molecule has 1 aromatic rings. The summed E-state index contributed by atoms with van der Waals surface area (Å²) < 4.78 is 0. The van der Waals surface area contributed by atoms with E-state index in [0.717, 1.165) is 19.4 Å². The van der Waals surface area contributed by atoms with Crippen LogP contribution in [0.2, 0.25) is 0 Å². The number of rotatable bonds is 6. The molecule has 1 aromatic carbocycles. The Hall–Kier alpha value is -1.02. The van der Waals surface area contributed by atoms with Crippen molar-refractivity contribution in [3.63, 3.8) is 0 Å². The summed E-state index contributed by atoms with van der Waals surface area (Å²) in [5.74, 6) is 0. The van der Waals surface area contributed by atoms with Crippen molar-refractivity contribution in [1.82, 2.24) is 0 Å². The molecule has 0 spiro atoms. The molecule has 0 saturated heterocycles. The summed E-state index contributed by atoms with van der Waals surface area (Å²) in [5, 5.41) is 0. The summed E-state index contributed by atoms with van der Waals surface area (Å²) in [6.07, 6.45) is 3.37. The number of nitrogens with two attached hydrogens (primary N) is 1. The van der Waals surface area contributed by atoms with Gasteiger partial charge in [-0.25, -0.2) is 0 Å². The van der Waals surface area contributed by atoms with Gasteiger partial charge >= 0.3 is 0 Å². The van der Waals surface area contributed by atoms with Crippen molar-refractivity contribution in [1.29, 1.82) is 0 Å². The second-order valence-electron chi connectivity index (χ2n) is 5.10. The molecule has 0 aliphatic rings. The predicted molar refractivity (Wildman–Crippen MR) is 76.7 cm³/mol. The second-order valence-corrected chi connectivity index (χ2v) is 5.10. The molecular formula is C15H26N2. The molecule has 0 heterocycles. The van der Waals surface area contributed by atoms with E-state index < -0.39 is 0 Å². The van der Waals surface area contributed by atoms with Gasteiger partial charge in [0.15, 0.2) is 0 Å². The van der Waals surface area contributed by atoms with Gasteiger partial charge in [-0.3, -0.25) is 0 Å². The zero-order chi connectivity index (χ0) is 12.8. The van der Waals surface area contributed by atoms with Crippen LogP contribution in [0.4, 0.5) is 5.69 Å². The fourth-order valence-electron chi connectivity index (χ4n) is 2.17. The van der Waals surface area contributed by atoms with Crippen LogP contribution in [-0.4, -0.2) is 19.6 Å². The van der Waals surface area contributed by atoms with Crippen molar-refractivity contribution < 1.29 is 0 Å². The normalized spacial score (nSPS) is 12.5. The van der Waals surface area contributed by atoms with Crippen molar-refractivity contribution in [2.45, 2.75) is 46.1 Å².